The maximum absolute atomic E-state index is 11.7. The molecule has 0 unspecified atom stereocenters. The molecule has 0 aliphatic heterocycles. The first-order chi connectivity index (χ1) is 7.87. The molecule has 0 bridgehead atoms. The first-order valence-corrected chi connectivity index (χ1v) is 4.90. The second-order valence-corrected chi connectivity index (χ2v) is 3.59. The Morgan fingerprint density at radius 2 is 1.88 bits per heavy atom. The van der Waals surface area contributed by atoms with Crippen LogP contribution < -0.4 is 5.48 Å². The van der Waals surface area contributed by atoms with E-state index in [-0.39, 0.29) is 6.42 Å². The van der Waals surface area contributed by atoms with Crippen molar-refractivity contribution in [2.75, 3.05) is 6.61 Å². The Bertz CT molecular complexity index is 373. The average Bonchev–Trinajstić information content (AvgIpc) is 2.19. The van der Waals surface area contributed by atoms with Gasteiger partial charge in [-0.15, -0.1) is 0 Å². The predicted octanol–water partition coefficient (Wildman–Crippen LogP) is 2.15. The molecular weight excluding hydrogens is 235 g/mol. The molecule has 1 rings (SSSR count). The molecule has 1 aromatic carbocycles. The highest BCUT2D eigenvalue weighted by atomic mass is 19.4. The van der Waals surface area contributed by atoms with Gasteiger partial charge in [-0.2, -0.15) is 13.2 Å². The summed E-state index contributed by atoms with van der Waals surface area (Å²) >= 11 is 0. The van der Waals surface area contributed by atoms with Gasteiger partial charge >= 0.3 is 6.18 Å². The van der Waals surface area contributed by atoms with Gasteiger partial charge in [0.05, 0.1) is 6.42 Å². The minimum absolute atomic E-state index is 0.0157. The fourth-order valence-electron chi connectivity index (χ4n) is 1.13. The predicted molar refractivity (Wildman–Crippen MR) is 55.0 cm³/mol. The monoisotopic (exact) mass is 247 g/mol. The summed E-state index contributed by atoms with van der Waals surface area (Å²) in [5.74, 6) is -0.613. The fourth-order valence-corrected chi connectivity index (χ4v) is 1.13. The number of hydroxylamine groups is 1. The molecule has 17 heavy (non-hydrogen) atoms. The summed E-state index contributed by atoms with van der Waals surface area (Å²) in [7, 11) is 0. The highest BCUT2D eigenvalue weighted by Gasteiger charge is 2.28. The highest BCUT2D eigenvalue weighted by Crippen LogP contribution is 2.13. The second-order valence-electron chi connectivity index (χ2n) is 3.59. The number of hydrogen-bond donors (Lipinski definition) is 1. The molecule has 0 heterocycles. The third-order valence-electron chi connectivity index (χ3n) is 1.91. The van der Waals surface area contributed by atoms with Crippen LogP contribution >= 0.6 is 0 Å². The molecule has 3 nitrogen and oxygen atoms in total. The highest BCUT2D eigenvalue weighted by molar-refractivity contribution is 5.77. The van der Waals surface area contributed by atoms with Gasteiger partial charge in [-0.25, -0.2) is 5.48 Å². The maximum Gasteiger partial charge on any atom is 0.414 e. The molecule has 0 saturated heterocycles. The van der Waals surface area contributed by atoms with Crippen molar-refractivity contribution in [1.29, 1.82) is 0 Å². The van der Waals surface area contributed by atoms with E-state index >= 15 is 0 Å². The van der Waals surface area contributed by atoms with E-state index in [4.69, 9.17) is 0 Å². The van der Waals surface area contributed by atoms with E-state index in [2.05, 4.69) is 4.84 Å². The average molecular weight is 247 g/mol. The van der Waals surface area contributed by atoms with E-state index < -0.39 is 18.7 Å². The van der Waals surface area contributed by atoms with Gasteiger partial charge in [-0.05, 0) is 12.5 Å². The molecule has 0 saturated carbocycles. The molecule has 0 aliphatic carbocycles. The normalized spacial score (nSPS) is 11.3. The summed E-state index contributed by atoms with van der Waals surface area (Å²) in [5.41, 5.74) is 3.50. The van der Waals surface area contributed by atoms with Crippen LogP contribution in [0.5, 0.6) is 0 Å². The lowest BCUT2D eigenvalue weighted by atomic mass is 10.1. The number of carbonyl (C=O) groups is 1. The van der Waals surface area contributed by atoms with Crippen molar-refractivity contribution in [2.24, 2.45) is 0 Å². The third kappa shape index (κ3) is 5.91. The van der Waals surface area contributed by atoms with Gasteiger partial charge in [0.2, 0.25) is 5.91 Å². The Kier molecular flexibility index (Phi) is 4.51. The summed E-state index contributed by atoms with van der Waals surface area (Å²) in [6.45, 7) is 0.406. The van der Waals surface area contributed by atoms with Crippen LogP contribution in [0.2, 0.25) is 0 Å². The fraction of sp³-hybridized carbons (Fsp3) is 0.364. The van der Waals surface area contributed by atoms with Crippen molar-refractivity contribution in [3.05, 3.63) is 35.4 Å². The van der Waals surface area contributed by atoms with Crippen LogP contribution in [-0.4, -0.2) is 18.7 Å². The summed E-state index contributed by atoms with van der Waals surface area (Å²) in [6.07, 6.45) is -4.46. The Morgan fingerprint density at radius 1 is 1.29 bits per heavy atom. The van der Waals surface area contributed by atoms with Crippen molar-refractivity contribution in [3.63, 3.8) is 0 Å². The Balaban J connectivity index is 2.32. The molecular formula is C11H12F3NO2. The lowest BCUT2D eigenvalue weighted by Gasteiger charge is -2.08. The largest absolute Gasteiger partial charge is 0.414 e. The Hall–Kier alpha value is -1.56. The first kappa shape index (κ1) is 13.5. The smallest absolute Gasteiger partial charge is 0.272 e. The topological polar surface area (TPSA) is 38.3 Å². The van der Waals surface area contributed by atoms with E-state index in [1.807, 2.05) is 19.1 Å². The van der Waals surface area contributed by atoms with Gasteiger partial charge in [0.1, 0.15) is 0 Å². The van der Waals surface area contributed by atoms with Crippen molar-refractivity contribution >= 4 is 5.91 Å². The number of benzene rings is 1. The number of halogens is 3. The molecule has 6 heteroatoms. The molecule has 0 aromatic heterocycles. The summed E-state index contributed by atoms with van der Waals surface area (Å²) < 4.78 is 35.1. The molecule has 0 aliphatic rings. The zero-order valence-electron chi connectivity index (χ0n) is 9.17. The number of rotatable bonds is 4. The van der Waals surface area contributed by atoms with Gasteiger partial charge in [-0.1, -0.05) is 29.8 Å². The van der Waals surface area contributed by atoms with E-state index in [1.54, 1.807) is 17.6 Å². The number of hydrogen-bond acceptors (Lipinski definition) is 2. The zero-order valence-corrected chi connectivity index (χ0v) is 9.17. The van der Waals surface area contributed by atoms with Crippen LogP contribution in [0.15, 0.2) is 24.3 Å². The van der Waals surface area contributed by atoms with Gasteiger partial charge in [0.25, 0.3) is 0 Å². The second kappa shape index (κ2) is 5.67. The molecule has 1 amide bonds. The van der Waals surface area contributed by atoms with Gasteiger partial charge < -0.3 is 0 Å². The number of alkyl halides is 3. The van der Waals surface area contributed by atoms with Crippen molar-refractivity contribution in [2.45, 2.75) is 19.5 Å². The molecule has 94 valence electrons. The van der Waals surface area contributed by atoms with Crippen LogP contribution in [0.4, 0.5) is 13.2 Å². The maximum atomic E-state index is 11.7. The minimum atomic E-state index is -4.45. The molecule has 0 atom stereocenters. The van der Waals surface area contributed by atoms with E-state index in [0.717, 1.165) is 5.56 Å². The third-order valence-corrected chi connectivity index (χ3v) is 1.91. The molecule has 0 radical (unpaired) electrons. The van der Waals surface area contributed by atoms with E-state index in [1.165, 1.54) is 0 Å². The van der Waals surface area contributed by atoms with Crippen LogP contribution in [-0.2, 0) is 16.1 Å². The number of amides is 1. The van der Waals surface area contributed by atoms with Gasteiger partial charge in [-0.3, -0.25) is 9.63 Å². The Morgan fingerprint density at radius 3 is 2.41 bits per heavy atom. The quantitative estimate of drug-likeness (QED) is 0.828. The zero-order chi connectivity index (χ0) is 12.9. The van der Waals surface area contributed by atoms with Crippen LogP contribution in [0.3, 0.4) is 0 Å². The minimum Gasteiger partial charge on any atom is -0.272 e. The van der Waals surface area contributed by atoms with Crippen LogP contribution in [0.1, 0.15) is 11.1 Å². The standard InChI is InChI=1S/C11H12F3NO2/c1-8-2-4-9(5-3-8)6-10(16)15-17-7-11(12,13)14/h2-5H,6-7H2,1H3,(H,15,16). The van der Waals surface area contributed by atoms with Crippen LogP contribution in [0, 0.1) is 6.92 Å². The summed E-state index contributed by atoms with van der Waals surface area (Å²) in [4.78, 5) is 15.2. The number of aryl methyl sites for hydroxylation is 1. The van der Waals surface area contributed by atoms with E-state index in [9.17, 15) is 18.0 Å². The lowest BCUT2D eigenvalue weighted by molar-refractivity contribution is -0.191. The van der Waals surface area contributed by atoms with Crippen molar-refractivity contribution in [1.82, 2.24) is 5.48 Å². The van der Waals surface area contributed by atoms with Gasteiger partial charge in [0.15, 0.2) is 6.61 Å². The Labute approximate surface area is 96.5 Å². The number of nitrogens with one attached hydrogen (secondary N) is 1. The van der Waals surface area contributed by atoms with E-state index in [0.29, 0.717) is 5.56 Å². The van der Waals surface area contributed by atoms with Crippen molar-refractivity contribution < 1.29 is 22.8 Å². The SMILES string of the molecule is Cc1ccc(CC(=O)NOCC(F)(F)F)cc1. The molecule has 1 aromatic rings. The summed E-state index contributed by atoms with van der Waals surface area (Å²) in [6, 6.07) is 7.11. The lowest BCUT2D eigenvalue weighted by Crippen LogP contribution is -2.30. The summed E-state index contributed by atoms with van der Waals surface area (Å²) in [5, 5.41) is 0. The number of carbonyl (C=O) groups excluding carboxylic acids is 1. The molecule has 1 N–H and O–H groups in total. The molecule has 0 spiro atoms. The van der Waals surface area contributed by atoms with Crippen molar-refractivity contribution in [3.8, 4) is 0 Å². The van der Waals surface area contributed by atoms with Gasteiger partial charge in [0, 0.05) is 0 Å². The van der Waals surface area contributed by atoms with Crippen LogP contribution in [0.25, 0.3) is 0 Å². The molecule has 0 fully saturated rings. The first-order valence-electron chi connectivity index (χ1n) is 4.90.